The zero-order valence-electron chi connectivity index (χ0n) is 16.4. The minimum atomic E-state index is -0.341. The molecule has 1 amide bonds. The molecular weight excluding hydrogens is 378 g/mol. The van der Waals surface area contributed by atoms with Gasteiger partial charge in [-0.25, -0.2) is 9.20 Å². The number of rotatable bonds is 4. The number of hydrogen-bond donors (Lipinski definition) is 1. The fourth-order valence-corrected chi connectivity index (χ4v) is 4.08. The summed E-state index contributed by atoms with van der Waals surface area (Å²) in [6, 6.07) is 19.5. The SMILES string of the molecule is O=C(Cn1ncn2nc(-c3ccccc3)cc2c1=O)N[C@@H]1CCCc2ccccc21. The van der Waals surface area contributed by atoms with Crippen LogP contribution >= 0.6 is 0 Å². The number of hydrogen-bond acceptors (Lipinski definition) is 4. The molecule has 0 fully saturated rings. The monoisotopic (exact) mass is 399 g/mol. The highest BCUT2D eigenvalue weighted by atomic mass is 16.2. The molecule has 2 heterocycles. The first kappa shape index (κ1) is 18.3. The lowest BCUT2D eigenvalue weighted by Gasteiger charge is -2.26. The second kappa shape index (κ2) is 7.59. The Morgan fingerprint density at radius 3 is 2.77 bits per heavy atom. The van der Waals surface area contributed by atoms with Crippen molar-refractivity contribution in [3.63, 3.8) is 0 Å². The van der Waals surface area contributed by atoms with E-state index in [1.165, 1.54) is 21.1 Å². The first-order valence-electron chi connectivity index (χ1n) is 10.1. The topological polar surface area (TPSA) is 81.3 Å². The number of carbonyl (C=O) groups excluding carboxylic acids is 1. The van der Waals surface area contributed by atoms with E-state index >= 15 is 0 Å². The Labute approximate surface area is 173 Å². The van der Waals surface area contributed by atoms with Gasteiger partial charge in [0.2, 0.25) is 5.91 Å². The van der Waals surface area contributed by atoms with Crippen molar-refractivity contribution in [3.05, 3.63) is 88.5 Å². The van der Waals surface area contributed by atoms with Gasteiger partial charge in [0, 0.05) is 5.56 Å². The number of fused-ring (bicyclic) bond motifs is 2. The van der Waals surface area contributed by atoms with Crippen molar-refractivity contribution in [2.24, 2.45) is 0 Å². The Bertz CT molecular complexity index is 1280. The van der Waals surface area contributed by atoms with Gasteiger partial charge in [-0.2, -0.15) is 10.2 Å². The molecule has 0 aliphatic heterocycles. The van der Waals surface area contributed by atoms with Crippen LogP contribution in [-0.4, -0.2) is 25.3 Å². The molecule has 7 heteroatoms. The van der Waals surface area contributed by atoms with E-state index in [4.69, 9.17) is 0 Å². The lowest BCUT2D eigenvalue weighted by molar-refractivity contribution is -0.122. The summed E-state index contributed by atoms with van der Waals surface area (Å²) in [6.07, 6.45) is 4.43. The molecule has 2 aromatic heterocycles. The highest BCUT2D eigenvalue weighted by Gasteiger charge is 2.22. The van der Waals surface area contributed by atoms with Crippen LogP contribution in [0.15, 0.2) is 71.8 Å². The maximum absolute atomic E-state index is 12.9. The predicted octanol–water partition coefficient (Wildman–Crippen LogP) is 2.75. The van der Waals surface area contributed by atoms with Crippen LogP contribution in [0.3, 0.4) is 0 Å². The van der Waals surface area contributed by atoms with E-state index < -0.39 is 0 Å². The van der Waals surface area contributed by atoms with Gasteiger partial charge in [0.05, 0.1) is 11.7 Å². The van der Waals surface area contributed by atoms with Crippen molar-refractivity contribution >= 4 is 11.4 Å². The van der Waals surface area contributed by atoms with Crippen LogP contribution in [0.25, 0.3) is 16.8 Å². The molecule has 30 heavy (non-hydrogen) atoms. The molecule has 1 aliphatic carbocycles. The molecule has 0 bridgehead atoms. The van der Waals surface area contributed by atoms with Crippen molar-refractivity contribution < 1.29 is 4.79 Å². The molecule has 0 saturated carbocycles. The maximum Gasteiger partial charge on any atom is 0.293 e. The number of aryl methyl sites for hydroxylation is 1. The molecule has 2 aromatic carbocycles. The number of nitrogens with zero attached hydrogens (tertiary/aromatic N) is 4. The first-order valence-corrected chi connectivity index (χ1v) is 10.1. The van der Waals surface area contributed by atoms with E-state index in [-0.39, 0.29) is 24.1 Å². The molecule has 1 aliphatic rings. The fraction of sp³-hybridized carbons (Fsp3) is 0.217. The zero-order valence-corrected chi connectivity index (χ0v) is 16.4. The van der Waals surface area contributed by atoms with Crippen LogP contribution in [0, 0.1) is 0 Å². The molecule has 4 aromatic rings. The zero-order chi connectivity index (χ0) is 20.5. The van der Waals surface area contributed by atoms with Gasteiger partial charge in [-0.05, 0) is 36.5 Å². The van der Waals surface area contributed by atoms with E-state index in [0.717, 1.165) is 30.4 Å². The molecular formula is C23H21N5O2. The van der Waals surface area contributed by atoms with E-state index in [1.807, 2.05) is 42.5 Å². The van der Waals surface area contributed by atoms with Crippen molar-refractivity contribution in [1.82, 2.24) is 24.7 Å². The lowest BCUT2D eigenvalue weighted by atomic mass is 9.88. The van der Waals surface area contributed by atoms with Crippen LogP contribution in [-0.2, 0) is 17.8 Å². The van der Waals surface area contributed by atoms with E-state index in [1.54, 1.807) is 6.07 Å². The standard InChI is InChI=1S/C23H21N5O2/c29-22(25-19-12-6-10-16-7-4-5-11-18(16)19)14-27-23(30)21-13-20(26-28(21)15-24-27)17-8-2-1-3-9-17/h1-5,7-9,11,13,15,19H,6,10,12,14H2,(H,25,29)/t19-/m1/s1. The maximum atomic E-state index is 12.9. The Hall–Kier alpha value is -3.74. The number of benzene rings is 2. The van der Waals surface area contributed by atoms with E-state index in [0.29, 0.717) is 11.2 Å². The highest BCUT2D eigenvalue weighted by molar-refractivity contribution is 5.76. The minimum absolute atomic E-state index is 0.0264. The second-order valence-electron chi connectivity index (χ2n) is 7.53. The quantitative estimate of drug-likeness (QED) is 0.572. The Kier molecular flexibility index (Phi) is 4.63. The van der Waals surface area contributed by atoms with Gasteiger partial charge >= 0.3 is 0 Å². The van der Waals surface area contributed by atoms with Crippen molar-refractivity contribution in [2.45, 2.75) is 31.8 Å². The van der Waals surface area contributed by atoms with Crippen molar-refractivity contribution in [2.75, 3.05) is 0 Å². The summed E-state index contributed by atoms with van der Waals surface area (Å²) < 4.78 is 2.65. The lowest BCUT2D eigenvalue weighted by Crippen LogP contribution is -2.37. The summed E-state index contributed by atoms with van der Waals surface area (Å²) in [5.41, 5.74) is 4.09. The summed E-state index contributed by atoms with van der Waals surface area (Å²) in [5.74, 6) is -0.224. The normalized spacial score (nSPS) is 15.7. The highest BCUT2D eigenvalue weighted by Crippen LogP contribution is 2.29. The van der Waals surface area contributed by atoms with Gasteiger partial charge in [0.1, 0.15) is 18.4 Å². The summed E-state index contributed by atoms with van der Waals surface area (Å²) in [5, 5.41) is 11.6. The summed E-state index contributed by atoms with van der Waals surface area (Å²) >= 11 is 0. The van der Waals surface area contributed by atoms with Gasteiger partial charge in [-0.3, -0.25) is 9.59 Å². The smallest absolute Gasteiger partial charge is 0.293 e. The van der Waals surface area contributed by atoms with Gasteiger partial charge in [0.25, 0.3) is 5.56 Å². The molecule has 1 atom stereocenters. The average molecular weight is 399 g/mol. The second-order valence-corrected chi connectivity index (χ2v) is 7.53. The predicted molar refractivity (Wildman–Crippen MR) is 113 cm³/mol. The van der Waals surface area contributed by atoms with Gasteiger partial charge in [0.15, 0.2) is 0 Å². The van der Waals surface area contributed by atoms with E-state index in [2.05, 4.69) is 27.6 Å². The molecule has 7 nitrogen and oxygen atoms in total. The van der Waals surface area contributed by atoms with Gasteiger partial charge in [-0.15, -0.1) is 0 Å². The minimum Gasteiger partial charge on any atom is -0.348 e. The molecule has 0 radical (unpaired) electrons. The van der Waals surface area contributed by atoms with Crippen LogP contribution in [0.1, 0.15) is 30.0 Å². The van der Waals surface area contributed by atoms with Gasteiger partial charge < -0.3 is 5.32 Å². The molecule has 5 rings (SSSR count). The third-order valence-electron chi connectivity index (χ3n) is 5.56. The number of nitrogens with one attached hydrogen (secondary N) is 1. The van der Waals surface area contributed by atoms with Gasteiger partial charge in [-0.1, -0.05) is 54.6 Å². The number of amides is 1. The van der Waals surface area contributed by atoms with Crippen LogP contribution < -0.4 is 10.9 Å². The van der Waals surface area contributed by atoms with Crippen LogP contribution in [0.5, 0.6) is 0 Å². The average Bonchev–Trinajstić information content (AvgIpc) is 3.22. The Balaban J connectivity index is 1.37. The van der Waals surface area contributed by atoms with Crippen LogP contribution in [0.4, 0.5) is 0 Å². The molecule has 0 spiro atoms. The fourth-order valence-electron chi connectivity index (χ4n) is 4.08. The number of aromatic nitrogens is 4. The summed E-state index contributed by atoms with van der Waals surface area (Å²) in [6.45, 7) is -0.125. The number of carbonyl (C=O) groups is 1. The largest absolute Gasteiger partial charge is 0.348 e. The molecule has 150 valence electrons. The Morgan fingerprint density at radius 2 is 1.90 bits per heavy atom. The first-order chi connectivity index (χ1) is 14.7. The molecule has 1 N–H and O–H groups in total. The summed E-state index contributed by atoms with van der Waals surface area (Å²) in [7, 11) is 0. The van der Waals surface area contributed by atoms with E-state index in [9.17, 15) is 9.59 Å². The van der Waals surface area contributed by atoms with Crippen LogP contribution in [0.2, 0.25) is 0 Å². The molecule has 0 saturated heterocycles. The van der Waals surface area contributed by atoms with Crippen molar-refractivity contribution in [3.8, 4) is 11.3 Å². The molecule has 0 unspecified atom stereocenters. The third-order valence-corrected chi connectivity index (χ3v) is 5.56. The Morgan fingerprint density at radius 1 is 1.10 bits per heavy atom. The van der Waals surface area contributed by atoms with Crippen molar-refractivity contribution in [1.29, 1.82) is 0 Å². The summed E-state index contributed by atoms with van der Waals surface area (Å²) in [4.78, 5) is 25.5. The third kappa shape index (κ3) is 3.39.